The lowest BCUT2D eigenvalue weighted by molar-refractivity contribution is 0.673. The molecule has 0 atom stereocenters. The molecule has 0 aliphatic rings. The third-order valence-corrected chi connectivity index (χ3v) is 3.13. The number of nitrogens with one attached hydrogen (secondary N) is 1. The van der Waals surface area contributed by atoms with Crippen molar-refractivity contribution in [3.63, 3.8) is 0 Å². The van der Waals surface area contributed by atoms with Gasteiger partial charge in [-0.15, -0.1) is 0 Å². The topological polar surface area (TPSA) is 29.9 Å². The van der Waals surface area contributed by atoms with E-state index >= 15 is 0 Å². The first-order valence-corrected chi connectivity index (χ1v) is 7.02. The van der Waals surface area contributed by atoms with Gasteiger partial charge < -0.3 is 9.88 Å². The van der Waals surface area contributed by atoms with Crippen LogP contribution < -0.4 is 5.32 Å². The predicted molar refractivity (Wildman–Crippen MR) is 77.5 cm³/mol. The fourth-order valence-electron chi connectivity index (χ4n) is 1.86. The maximum absolute atomic E-state index is 4.18. The van der Waals surface area contributed by atoms with Crippen molar-refractivity contribution in [1.82, 2.24) is 14.9 Å². The third-order valence-electron chi connectivity index (χ3n) is 2.69. The summed E-state index contributed by atoms with van der Waals surface area (Å²) in [5.74, 6) is 0. The molecular weight excluding hydrogens is 290 g/mol. The van der Waals surface area contributed by atoms with Gasteiger partial charge in [0, 0.05) is 42.3 Å². The highest BCUT2D eigenvalue weighted by atomic mass is 79.9. The van der Waals surface area contributed by atoms with E-state index < -0.39 is 0 Å². The standard InChI is InChI=1S/C14H18BrN3/c1-2-4-16-7-12-3-5-18(10-12)11-13-6-14(15)9-17-8-13/h3,5-6,8-10,16H,2,4,7,11H2,1H3. The van der Waals surface area contributed by atoms with E-state index in [1.807, 2.05) is 6.20 Å². The summed E-state index contributed by atoms with van der Waals surface area (Å²) in [5, 5.41) is 3.40. The number of aromatic nitrogens is 2. The number of nitrogens with zero attached hydrogens (tertiary/aromatic N) is 2. The molecule has 0 aliphatic carbocycles. The van der Waals surface area contributed by atoms with Crippen molar-refractivity contribution < 1.29 is 0 Å². The van der Waals surface area contributed by atoms with E-state index in [4.69, 9.17) is 0 Å². The van der Waals surface area contributed by atoms with Crippen LogP contribution in [0.1, 0.15) is 24.5 Å². The largest absolute Gasteiger partial charge is 0.350 e. The van der Waals surface area contributed by atoms with Gasteiger partial charge >= 0.3 is 0 Å². The Balaban J connectivity index is 1.94. The number of pyridine rings is 1. The monoisotopic (exact) mass is 307 g/mol. The summed E-state index contributed by atoms with van der Waals surface area (Å²) in [6, 6.07) is 4.26. The van der Waals surface area contributed by atoms with Gasteiger partial charge in [0.2, 0.25) is 0 Å². The van der Waals surface area contributed by atoms with Crippen LogP contribution in [0.3, 0.4) is 0 Å². The van der Waals surface area contributed by atoms with Crippen molar-refractivity contribution >= 4 is 15.9 Å². The zero-order valence-electron chi connectivity index (χ0n) is 10.6. The van der Waals surface area contributed by atoms with Crippen LogP contribution in [0.4, 0.5) is 0 Å². The van der Waals surface area contributed by atoms with Crippen molar-refractivity contribution in [2.24, 2.45) is 0 Å². The number of halogens is 1. The molecule has 1 N–H and O–H groups in total. The molecule has 0 aliphatic heterocycles. The first kappa shape index (κ1) is 13.3. The second-order valence-corrected chi connectivity index (χ2v) is 5.30. The fourth-order valence-corrected chi connectivity index (χ4v) is 2.27. The highest BCUT2D eigenvalue weighted by Crippen LogP contribution is 2.11. The summed E-state index contributed by atoms with van der Waals surface area (Å²) in [5.41, 5.74) is 2.53. The Morgan fingerprint density at radius 1 is 1.33 bits per heavy atom. The summed E-state index contributed by atoms with van der Waals surface area (Å²) in [4.78, 5) is 4.18. The molecule has 0 spiro atoms. The minimum atomic E-state index is 0.861. The highest BCUT2D eigenvalue weighted by Gasteiger charge is 1.99. The number of hydrogen-bond donors (Lipinski definition) is 1. The van der Waals surface area contributed by atoms with Gasteiger partial charge in [-0.05, 0) is 52.2 Å². The first-order valence-electron chi connectivity index (χ1n) is 6.22. The zero-order valence-corrected chi connectivity index (χ0v) is 12.2. The molecule has 18 heavy (non-hydrogen) atoms. The number of hydrogen-bond acceptors (Lipinski definition) is 2. The minimum absolute atomic E-state index is 0.861. The van der Waals surface area contributed by atoms with Crippen LogP contribution >= 0.6 is 15.9 Å². The molecule has 0 aromatic carbocycles. The zero-order chi connectivity index (χ0) is 12.8. The van der Waals surface area contributed by atoms with Crippen LogP contribution in [-0.4, -0.2) is 16.1 Å². The molecule has 0 unspecified atom stereocenters. The van der Waals surface area contributed by atoms with Crippen LogP contribution in [0.2, 0.25) is 0 Å². The molecular formula is C14H18BrN3. The predicted octanol–water partition coefficient (Wildman–Crippen LogP) is 3.19. The molecule has 2 aromatic heterocycles. The van der Waals surface area contributed by atoms with Crippen LogP contribution in [0, 0.1) is 0 Å². The third kappa shape index (κ3) is 3.96. The van der Waals surface area contributed by atoms with Crippen molar-refractivity contribution in [1.29, 1.82) is 0 Å². The van der Waals surface area contributed by atoms with E-state index in [0.29, 0.717) is 0 Å². The summed E-state index contributed by atoms with van der Waals surface area (Å²) < 4.78 is 3.21. The van der Waals surface area contributed by atoms with Crippen LogP contribution in [0.15, 0.2) is 41.4 Å². The average Bonchev–Trinajstić information content (AvgIpc) is 2.77. The molecule has 2 heterocycles. The maximum atomic E-state index is 4.18. The highest BCUT2D eigenvalue weighted by molar-refractivity contribution is 9.10. The normalized spacial score (nSPS) is 10.8. The molecule has 0 fully saturated rings. The summed E-state index contributed by atoms with van der Waals surface area (Å²) in [6.45, 7) is 5.05. The molecule has 0 amide bonds. The van der Waals surface area contributed by atoms with Crippen molar-refractivity contribution in [3.05, 3.63) is 52.5 Å². The van der Waals surface area contributed by atoms with Crippen LogP contribution in [0.25, 0.3) is 0 Å². The second-order valence-electron chi connectivity index (χ2n) is 4.38. The molecule has 0 saturated heterocycles. The molecule has 3 nitrogen and oxygen atoms in total. The van der Waals surface area contributed by atoms with E-state index in [2.05, 4.69) is 62.2 Å². The fraction of sp³-hybridized carbons (Fsp3) is 0.357. The van der Waals surface area contributed by atoms with Gasteiger partial charge in [-0.1, -0.05) is 6.92 Å². The van der Waals surface area contributed by atoms with Gasteiger partial charge in [0.05, 0.1) is 0 Å². The SMILES string of the molecule is CCCNCc1ccn(Cc2cncc(Br)c2)c1. The Labute approximate surface area is 116 Å². The lowest BCUT2D eigenvalue weighted by Crippen LogP contribution is -2.13. The lowest BCUT2D eigenvalue weighted by Gasteiger charge is -2.03. The van der Waals surface area contributed by atoms with Gasteiger partial charge in [-0.3, -0.25) is 4.98 Å². The lowest BCUT2D eigenvalue weighted by atomic mass is 10.3. The molecule has 0 saturated carbocycles. The first-order chi connectivity index (χ1) is 8.78. The van der Waals surface area contributed by atoms with E-state index in [-0.39, 0.29) is 0 Å². The van der Waals surface area contributed by atoms with Gasteiger partial charge in [-0.25, -0.2) is 0 Å². The molecule has 2 rings (SSSR count). The Bertz CT molecular complexity index is 493. The summed E-state index contributed by atoms with van der Waals surface area (Å²) in [7, 11) is 0. The molecule has 0 radical (unpaired) electrons. The molecule has 2 aromatic rings. The van der Waals surface area contributed by atoms with E-state index in [1.165, 1.54) is 17.5 Å². The Kier molecular flexibility index (Phi) is 4.96. The Hall–Kier alpha value is -1.13. The van der Waals surface area contributed by atoms with Crippen LogP contribution in [-0.2, 0) is 13.1 Å². The van der Waals surface area contributed by atoms with Gasteiger partial charge in [0.15, 0.2) is 0 Å². The van der Waals surface area contributed by atoms with Gasteiger partial charge in [0.25, 0.3) is 0 Å². The van der Waals surface area contributed by atoms with E-state index in [0.717, 1.165) is 24.1 Å². The Morgan fingerprint density at radius 3 is 3.00 bits per heavy atom. The smallest absolute Gasteiger partial charge is 0.0485 e. The van der Waals surface area contributed by atoms with Crippen molar-refractivity contribution in [2.75, 3.05) is 6.54 Å². The molecule has 0 bridgehead atoms. The molecule has 96 valence electrons. The van der Waals surface area contributed by atoms with E-state index in [9.17, 15) is 0 Å². The maximum Gasteiger partial charge on any atom is 0.0485 e. The summed E-state index contributed by atoms with van der Waals surface area (Å²) >= 11 is 3.44. The molecule has 4 heteroatoms. The second kappa shape index (κ2) is 6.71. The average molecular weight is 308 g/mol. The number of rotatable bonds is 6. The summed E-state index contributed by atoms with van der Waals surface area (Å²) in [6.07, 6.45) is 9.18. The minimum Gasteiger partial charge on any atom is -0.350 e. The Morgan fingerprint density at radius 2 is 2.22 bits per heavy atom. The van der Waals surface area contributed by atoms with Crippen molar-refractivity contribution in [2.45, 2.75) is 26.4 Å². The van der Waals surface area contributed by atoms with Gasteiger partial charge in [0.1, 0.15) is 0 Å². The van der Waals surface area contributed by atoms with Gasteiger partial charge in [-0.2, -0.15) is 0 Å². The van der Waals surface area contributed by atoms with Crippen molar-refractivity contribution in [3.8, 4) is 0 Å². The quantitative estimate of drug-likeness (QED) is 0.831. The van der Waals surface area contributed by atoms with Crippen LogP contribution in [0.5, 0.6) is 0 Å². The van der Waals surface area contributed by atoms with E-state index in [1.54, 1.807) is 6.20 Å².